The molecule has 3 aliphatic carbocycles. The number of hydrogen-bond acceptors (Lipinski definition) is 7. The van der Waals surface area contributed by atoms with Crippen LogP contribution in [-0.2, 0) is 14.1 Å². The van der Waals surface area contributed by atoms with Crippen molar-refractivity contribution < 1.29 is 23.9 Å². The normalized spacial score (nSPS) is 27.5. The number of nitrogens with two attached hydrogens (primary N) is 1. The molecular formula is C29H43BBrN5O6. The second kappa shape index (κ2) is 13.0. The summed E-state index contributed by atoms with van der Waals surface area (Å²) in [4.78, 5) is 41.5. The molecule has 2 bridgehead atoms. The van der Waals surface area contributed by atoms with E-state index in [1.165, 1.54) is 0 Å². The zero-order valence-electron chi connectivity index (χ0n) is 25.1. The van der Waals surface area contributed by atoms with Crippen molar-refractivity contribution in [2.45, 2.75) is 90.8 Å². The third kappa shape index (κ3) is 7.16. The zero-order chi connectivity index (χ0) is 30.8. The fraction of sp³-hybridized carbons (Fsp3) is 0.690. The first-order valence-corrected chi connectivity index (χ1v) is 15.6. The van der Waals surface area contributed by atoms with Crippen molar-refractivity contribution in [3.05, 3.63) is 44.4 Å². The summed E-state index contributed by atoms with van der Waals surface area (Å²) in [6, 6.07) is 7.04. The predicted molar refractivity (Wildman–Crippen MR) is 164 cm³/mol. The molecule has 0 radical (unpaired) electrons. The Morgan fingerprint density at radius 1 is 1.24 bits per heavy atom. The molecule has 1 saturated heterocycles. The minimum atomic E-state index is -0.783. The third-order valence-corrected chi connectivity index (χ3v) is 10.0. The standard InChI is InChI=1S/C29H43BBrN5O6/c1-17(2)13-25(30-41-24-16-20-15-23(28(20,3)4)29(24,5)42-30)34-26(38)19(7-6-12-33-27(32)35-36(39)40)14-22(37)18-8-10-21(31)11-9-18/h8-11,17,19-20,23-25H,6-7,12-16H2,1-5H3,(H,34,38)(H3,32,33,35)/t19-,20-,23-,24-,25+,29+/m1/s1. The van der Waals surface area contributed by atoms with E-state index in [1.54, 1.807) is 24.3 Å². The SMILES string of the molecule is CC(C)C[C@H](NC(=O)[C@H](CCCN=C(N)N[N+](=O)[O-])CC(=O)c1ccc(Br)cc1)B1O[C@@H]2C[C@H]3C[C@H](C3(C)C)[C@]2(C)O1. The highest BCUT2D eigenvalue weighted by molar-refractivity contribution is 9.10. The molecule has 4 N–H and O–H groups in total. The summed E-state index contributed by atoms with van der Waals surface area (Å²) in [6.45, 7) is 11.2. The summed E-state index contributed by atoms with van der Waals surface area (Å²) < 4.78 is 14.1. The lowest BCUT2D eigenvalue weighted by Gasteiger charge is -2.64. The van der Waals surface area contributed by atoms with E-state index in [0.717, 1.165) is 17.3 Å². The van der Waals surface area contributed by atoms with E-state index in [-0.39, 0.29) is 54.0 Å². The number of ketones is 1. The van der Waals surface area contributed by atoms with Crippen molar-refractivity contribution in [1.82, 2.24) is 10.7 Å². The fourth-order valence-corrected chi connectivity index (χ4v) is 7.35. The average Bonchev–Trinajstić information content (AvgIpc) is 3.26. The van der Waals surface area contributed by atoms with Gasteiger partial charge in [-0.3, -0.25) is 9.59 Å². The predicted octanol–water partition coefficient (Wildman–Crippen LogP) is 4.31. The summed E-state index contributed by atoms with van der Waals surface area (Å²) in [7, 11) is -0.568. The van der Waals surface area contributed by atoms with Crippen molar-refractivity contribution in [3.63, 3.8) is 0 Å². The number of aliphatic imine (C=N–C) groups is 1. The van der Waals surface area contributed by atoms with Gasteiger partial charge in [0, 0.05) is 28.9 Å². The van der Waals surface area contributed by atoms with E-state index in [2.05, 4.69) is 60.9 Å². The Hall–Kier alpha value is -2.51. The molecule has 13 heteroatoms. The Morgan fingerprint density at radius 2 is 1.93 bits per heavy atom. The van der Waals surface area contributed by atoms with Crippen LogP contribution in [0.1, 0.15) is 83.5 Å². The number of halogens is 1. The smallest absolute Gasteiger partial charge is 0.404 e. The molecule has 0 aromatic heterocycles. The molecule has 230 valence electrons. The summed E-state index contributed by atoms with van der Waals surface area (Å²) in [5, 5.41) is 13.0. The summed E-state index contributed by atoms with van der Waals surface area (Å²) in [5.41, 5.74) is 7.67. The molecule has 3 saturated carbocycles. The summed E-state index contributed by atoms with van der Waals surface area (Å²) in [5.74, 6) is -0.410. The number of Topliss-reactive ketones (excluding diaryl/α,β-unsaturated/α-hetero) is 1. The van der Waals surface area contributed by atoms with Gasteiger partial charge in [-0.2, -0.15) is 0 Å². The number of amides is 1. The lowest BCUT2D eigenvalue weighted by atomic mass is 9.43. The number of nitrogens with zero attached hydrogens (tertiary/aromatic N) is 2. The van der Waals surface area contributed by atoms with Gasteiger partial charge in [0.05, 0.1) is 17.6 Å². The van der Waals surface area contributed by atoms with Gasteiger partial charge in [-0.15, -0.1) is 0 Å². The molecule has 0 unspecified atom stereocenters. The molecule has 1 aromatic rings. The molecule has 11 nitrogen and oxygen atoms in total. The number of benzene rings is 1. The number of carbonyl (C=O) groups is 2. The first-order valence-electron chi connectivity index (χ1n) is 14.8. The number of hydrogen-bond donors (Lipinski definition) is 3. The Balaban J connectivity index is 1.47. The van der Waals surface area contributed by atoms with Gasteiger partial charge >= 0.3 is 7.12 Å². The van der Waals surface area contributed by atoms with Gasteiger partial charge in [-0.1, -0.05) is 61.2 Å². The van der Waals surface area contributed by atoms with E-state index in [1.807, 2.05) is 5.43 Å². The highest BCUT2D eigenvalue weighted by Crippen LogP contribution is 2.65. The number of carbonyl (C=O) groups excluding carboxylic acids is 2. The molecular weight excluding hydrogens is 605 g/mol. The Kier molecular flexibility index (Phi) is 10.0. The maximum Gasteiger partial charge on any atom is 0.481 e. The molecule has 1 heterocycles. The van der Waals surface area contributed by atoms with Gasteiger partial charge in [-0.25, -0.2) is 15.1 Å². The van der Waals surface area contributed by atoms with Crippen molar-refractivity contribution in [2.75, 3.05) is 6.54 Å². The molecule has 4 fully saturated rings. The molecule has 4 aliphatic rings. The second-order valence-electron chi connectivity index (χ2n) is 13.2. The van der Waals surface area contributed by atoms with Crippen LogP contribution in [0.3, 0.4) is 0 Å². The van der Waals surface area contributed by atoms with Crippen LogP contribution in [0.2, 0.25) is 0 Å². The van der Waals surface area contributed by atoms with Crippen LogP contribution in [-0.4, -0.2) is 54.0 Å². The molecule has 42 heavy (non-hydrogen) atoms. The average molecular weight is 648 g/mol. The minimum absolute atomic E-state index is 0.00304. The Morgan fingerprint density at radius 3 is 2.55 bits per heavy atom. The maximum atomic E-state index is 13.8. The molecule has 6 atom stereocenters. The number of hydrazine groups is 1. The van der Waals surface area contributed by atoms with Crippen LogP contribution in [0.25, 0.3) is 0 Å². The third-order valence-electron chi connectivity index (χ3n) is 9.52. The lowest BCUT2D eigenvalue weighted by Crippen LogP contribution is -2.65. The quantitative estimate of drug-likeness (QED) is 0.0543. The van der Waals surface area contributed by atoms with Gasteiger partial charge in [0.1, 0.15) is 0 Å². The highest BCUT2D eigenvalue weighted by Gasteiger charge is 2.68. The topological polar surface area (TPSA) is 158 Å². The second-order valence-corrected chi connectivity index (χ2v) is 14.1. The van der Waals surface area contributed by atoms with Crippen molar-refractivity contribution >= 4 is 40.7 Å². The van der Waals surface area contributed by atoms with Crippen LogP contribution >= 0.6 is 15.9 Å². The molecule has 1 aliphatic heterocycles. The van der Waals surface area contributed by atoms with Crippen molar-refractivity contribution in [3.8, 4) is 0 Å². The highest BCUT2D eigenvalue weighted by atomic mass is 79.9. The van der Waals surface area contributed by atoms with Crippen LogP contribution in [0.15, 0.2) is 33.7 Å². The van der Waals surface area contributed by atoms with Crippen LogP contribution < -0.4 is 16.5 Å². The minimum Gasteiger partial charge on any atom is -0.404 e. The summed E-state index contributed by atoms with van der Waals surface area (Å²) >= 11 is 3.39. The number of rotatable bonds is 13. The number of nitro groups is 1. The number of nitrogens with one attached hydrogen (secondary N) is 2. The van der Waals surface area contributed by atoms with E-state index >= 15 is 0 Å². The first kappa shape index (κ1) is 32.4. The number of guanidine groups is 1. The van der Waals surface area contributed by atoms with E-state index in [9.17, 15) is 19.7 Å². The maximum absolute atomic E-state index is 13.8. The van der Waals surface area contributed by atoms with Gasteiger partial charge in [0.2, 0.25) is 5.91 Å². The molecule has 5 rings (SSSR count). The van der Waals surface area contributed by atoms with Gasteiger partial charge in [0.25, 0.3) is 5.96 Å². The van der Waals surface area contributed by atoms with Crippen molar-refractivity contribution in [1.29, 1.82) is 0 Å². The van der Waals surface area contributed by atoms with E-state index < -0.39 is 23.7 Å². The van der Waals surface area contributed by atoms with Crippen molar-refractivity contribution in [2.24, 2.45) is 39.8 Å². The van der Waals surface area contributed by atoms with Crippen LogP contribution in [0.4, 0.5) is 0 Å². The molecule has 1 amide bonds. The van der Waals surface area contributed by atoms with Gasteiger partial charge < -0.3 is 20.4 Å². The summed E-state index contributed by atoms with van der Waals surface area (Å²) in [6.07, 6.45) is 3.53. The Bertz CT molecular complexity index is 1200. The van der Waals surface area contributed by atoms with Crippen LogP contribution in [0, 0.1) is 39.2 Å². The first-order chi connectivity index (χ1) is 19.7. The zero-order valence-corrected chi connectivity index (χ0v) is 26.7. The largest absolute Gasteiger partial charge is 0.481 e. The monoisotopic (exact) mass is 647 g/mol. The molecule has 0 spiro atoms. The van der Waals surface area contributed by atoms with E-state index in [4.69, 9.17) is 15.0 Å². The Labute approximate surface area is 256 Å². The lowest BCUT2D eigenvalue weighted by molar-refractivity contribution is -0.525. The van der Waals surface area contributed by atoms with Gasteiger partial charge in [0.15, 0.2) is 10.8 Å². The fourth-order valence-electron chi connectivity index (χ4n) is 7.09. The van der Waals surface area contributed by atoms with Gasteiger partial charge in [-0.05, 0) is 74.3 Å². The van der Waals surface area contributed by atoms with Crippen LogP contribution in [0.5, 0.6) is 0 Å². The van der Waals surface area contributed by atoms with E-state index in [0.29, 0.717) is 36.7 Å². The molecule has 1 aromatic carbocycles.